The third-order valence-electron chi connectivity index (χ3n) is 3.40. The van der Waals surface area contributed by atoms with E-state index in [4.69, 9.17) is 9.47 Å². The van der Waals surface area contributed by atoms with Crippen molar-refractivity contribution in [1.29, 1.82) is 0 Å². The minimum atomic E-state index is -0.260. The number of fused-ring (bicyclic) bond motifs is 1. The van der Waals surface area contributed by atoms with Crippen LogP contribution < -0.4 is 14.8 Å². The van der Waals surface area contributed by atoms with E-state index in [-0.39, 0.29) is 18.4 Å². The number of para-hydroxylation sites is 3. The van der Waals surface area contributed by atoms with Gasteiger partial charge in [0.2, 0.25) is 5.91 Å². The highest BCUT2D eigenvalue weighted by Crippen LogP contribution is 2.31. The van der Waals surface area contributed by atoms with E-state index < -0.39 is 0 Å². The Labute approximate surface area is 123 Å². The van der Waals surface area contributed by atoms with Crippen molar-refractivity contribution >= 4 is 11.6 Å². The first-order valence-corrected chi connectivity index (χ1v) is 6.96. The Kier molecular flexibility index (Phi) is 3.77. The van der Waals surface area contributed by atoms with E-state index in [2.05, 4.69) is 5.32 Å². The number of ether oxygens (including phenoxy) is 2. The van der Waals surface area contributed by atoms with Gasteiger partial charge in [-0.15, -0.1) is 0 Å². The average molecular weight is 283 g/mol. The number of amides is 1. The Morgan fingerprint density at radius 1 is 1.14 bits per heavy atom. The van der Waals surface area contributed by atoms with Crippen LogP contribution in [0, 0.1) is 6.92 Å². The van der Waals surface area contributed by atoms with Crippen molar-refractivity contribution in [3.63, 3.8) is 0 Å². The zero-order valence-electron chi connectivity index (χ0n) is 11.8. The Balaban J connectivity index is 1.60. The minimum absolute atomic E-state index is 0.0720. The van der Waals surface area contributed by atoms with Gasteiger partial charge in [0.15, 0.2) is 11.5 Å². The quantitative estimate of drug-likeness (QED) is 0.941. The Bertz CT molecular complexity index is 654. The molecule has 1 amide bonds. The topological polar surface area (TPSA) is 47.6 Å². The smallest absolute Gasteiger partial charge is 0.228 e. The number of benzene rings is 2. The first kappa shape index (κ1) is 13.5. The summed E-state index contributed by atoms with van der Waals surface area (Å²) in [6.45, 7) is 2.35. The summed E-state index contributed by atoms with van der Waals surface area (Å²) in [7, 11) is 0. The normalized spacial score (nSPS) is 16.3. The third-order valence-corrected chi connectivity index (χ3v) is 3.40. The van der Waals surface area contributed by atoms with Gasteiger partial charge in [-0.3, -0.25) is 4.79 Å². The lowest BCUT2D eigenvalue weighted by Gasteiger charge is -2.26. The monoisotopic (exact) mass is 283 g/mol. The molecule has 0 aromatic heterocycles. The van der Waals surface area contributed by atoms with Crippen LogP contribution in [0.25, 0.3) is 0 Å². The van der Waals surface area contributed by atoms with Crippen molar-refractivity contribution in [2.75, 3.05) is 11.9 Å². The molecule has 0 radical (unpaired) electrons. The van der Waals surface area contributed by atoms with Gasteiger partial charge in [0.05, 0.1) is 6.42 Å². The number of aryl methyl sites for hydroxylation is 1. The van der Waals surface area contributed by atoms with Gasteiger partial charge in [0, 0.05) is 5.69 Å². The molecule has 21 heavy (non-hydrogen) atoms. The first-order valence-electron chi connectivity index (χ1n) is 6.96. The predicted molar refractivity (Wildman–Crippen MR) is 80.8 cm³/mol. The van der Waals surface area contributed by atoms with Gasteiger partial charge in [0.1, 0.15) is 12.7 Å². The van der Waals surface area contributed by atoms with Gasteiger partial charge >= 0.3 is 0 Å². The molecule has 0 saturated carbocycles. The molecule has 0 aliphatic carbocycles. The van der Waals surface area contributed by atoms with E-state index in [0.717, 1.165) is 17.0 Å². The van der Waals surface area contributed by atoms with Gasteiger partial charge in [-0.2, -0.15) is 0 Å². The van der Waals surface area contributed by atoms with E-state index in [1.807, 2.05) is 55.5 Å². The number of hydrogen-bond acceptors (Lipinski definition) is 3. The highest BCUT2D eigenvalue weighted by Gasteiger charge is 2.23. The number of nitrogens with one attached hydrogen (secondary N) is 1. The van der Waals surface area contributed by atoms with Crippen LogP contribution in [-0.4, -0.2) is 18.6 Å². The molecule has 1 aliphatic heterocycles. The van der Waals surface area contributed by atoms with Crippen LogP contribution in [0.2, 0.25) is 0 Å². The lowest BCUT2D eigenvalue weighted by atomic mass is 10.2. The molecule has 1 N–H and O–H groups in total. The van der Waals surface area contributed by atoms with Gasteiger partial charge in [-0.1, -0.05) is 30.3 Å². The van der Waals surface area contributed by atoms with Gasteiger partial charge in [0.25, 0.3) is 0 Å². The summed E-state index contributed by atoms with van der Waals surface area (Å²) in [4.78, 5) is 12.1. The van der Waals surface area contributed by atoms with Crippen molar-refractivity contribution in [2.24, 2.45) is 0 Å². The maximum absolute atomic E-state index is 12.1. The van der Waals surface area contributed by atoms with Crippen LogP contribution in [0.15, 0.2) is 48.5 Å². The predicted octanol–water partition coefficient (Wildman–Crippen LogP) is 3.16. The van der Waals surface area contributed by atoms with Crippen LogP contribution in [0.4, 0.5) is 5.69 Å². The summed E-state index contributed by atoms with van der Waals surface area (Å²) in [5.74, 6) is 1.35. The van der Waals surface area contributed by atoms with Gasteiger partial charge < -0.3 is 14.8 Å². The highest BCUT2D eigenvalue weighted by molar-refractivity contribution is 5.91. The molecule has 0 unspecified atom stereocenters. The molecule has 2 aromatic carbocycles. The molecule has 1 aliphatic rings. The molecular weight excluding hydrogens is 266 g/mol. The lowest BCUT2D eigenvalue weighted by molar-refractivity contribution is -0.118. The van der Waals surface area contributed by atoms with E-state index in [9.17, 15) is 4.79 Å². The number of carbonyl (C=O) groups excluding carboxylic acids is 1. The third kappa shape index (κ3) is 3.16. The minimum Gasteiger partial charge on any atom is -0.486 e. The Morgan fingerprint density at radius 3 is 2.67 bits per heavy atom. The second-order valence-electron chi connectivity index (χ2n) is 5.06. The fourth-order valence-electron chi connectivity index (χ4n) is 2.28. The second kappa shape index (κ2) is 5.87. The van der Waals surface area contributed by atoms with Gasteiger partial charge in [-0.05, 0) is 30.7 Å². The Morgan fingerprint density at radius 2 is 1.86 bits per heavy atom. The highest BCUT2D eigenvalue weighted by atomic mass is 16.6. The zero-order chi connectivity index (χ0) is 14.7. The van der Waals surface area contributed by atoms with Crippen molar-refractivity contribution < 1.29 is 14.3 Å². The molecule has 0 spiro atoms. The van der Waals surface area contributed by atoms with E-state index in [0.29, 0.717) is 12.4 Å². The maximum atomic E-state index is 12.1. The molecule has 0 fully saturated rings. The molecule has 1 heterocycles. The summed E-state index contributed by atoms with van der Waals surface area (Å²) in [5.41, 5.74) is 1.87. The SMILES string of the molecule is Cc1ccccc1NC(=O)C[C@@H]1COc2ccccc2O1. The Hall–Kier alpha value is -2.49. The lowest BCUT2D eigenvalue weighted by Crippen LogP contribution is -2.33. The van der Waals surface area contributed by atoms with Crippen LogP contribution >= 0.6 is 0 Å². The zero-order valence-corrected chi connectivity index (χ0v) is 11.8. The fourth-order valence-corrected chi connectivity index (χ4v) is 2.28. The standard InChI is InChI=1S/C17H17NO3/c1-12-6-2-3-7-14(12)18-17(19)10-13-11-20-15-8-4-5-9-16(15)21-13/h2-9,13H,10-11H2,1H3,(H,18,19)/t13-/m1/s1. The fraction of sp³-hybridized carbons (Fsp3) is 0.235. The number of hydrogen-bond donors (Lipinski definition) is 1. The summed E-state index contributed by atoms with van der Waals surface area (Å²) in [5, 5.41) is 2.91. The van der Waals surface area contributed by atoms with Crippen LogP contribution in [0.5, 0.6) is 11.5 Å². The van der Waals surface area contributed by atoms with Crippen molar-refractivity contribution in [3.8, 4) is 11.5 Å². The largest absolute Gasteiger partial charge is 0.486 e. The van der Waals surface area contributed by atoms with Crippen molar-refractivity contribution in [1.82, 2.24) is 0 Å². The molecule has 0 saturated heterocycles. The van der Waals surface area contributed by atoms with Crippen LogP contribution in [0.1, 0.15) is 12.0 Å². The molecule has 2 aromatic rings. The second-order valence-corrected chi connectivity index (χ2v) is 5.06. The van der Waals surface area contributed by atoms with E-state index in [1.165, 1.54) is 0 Å². The molecule has 108 valence electrons. The van der Waals surface area contributed by atoms with E-state index >= 15 is 0 Å². The molecular formula is C17H17NO3. The van der Waals surface area contributed by atoms with Crippen molar-refractivity contribution in [3.05, 3.63) is 54.1 Å². The average Bonchev–Trinajstić information content (AvgIpc) is 2.49. The number of anilines is 1. The summed E-state index contributed by atoms with van der Waals surface area (Å²) in [6, 6.07) is 15.2. The number of carbonyl (C=O) groups is 1. The maximum Gasteiger partial charge on any atom is 0.228 e. The summed E-state index contributed by atoms with van der Waals surface area (Å²) < 4.78 is 11.4. The molecule has 4 nitrogen and oxygen atoms in total. The molecule has 0 bridgehead atoms. The van der Waals surface area contributed by atoms with E-state index in [1.54, 1.807) is 0 Å². The summed E-state index contributed by atoms with van der Waals surface area (Å²) >= 11 is 0. The molecule has 4 heteroatoms. The van der Waals surface area contributed by atoms with Crippen LogP contribution in [-0.2, 0) is 4.79 Å². The van der Waals surface area contributed by atoms with Gasteiger partial charge in [-0.25, -0.2) is 0 Å². The van der Waals surface area contributed by atoms with Crippen molar-refractivity contribution in [2.45, 2.75) is 19.4 Å². The summed E-state index contributed by atoms with van der Waals surface area (Å²) in [6.07, 6.45) is 0.00628. The molecule has 3 rings (SSSR count). The first-order chi connectivity index (χ1) is 10.2. The van der Waals surface area contributed by atoms with Crippen LogP contribution in [0.3, 0.4) is 0 Å². The molecule has 1 atom stereocenters. The number of rotatable bonds is 3.